The molecule has 2 aromatic carbocycles. The quantitative estimate of drug-likeness (QED) is 0.629. The molecule has 154 valence electrons. The normalized spacial score (nSPS) is 16.0. The van der Waals surface area contributed by atoms with Crippen molar-refractivity contribution in [1.29, 1.82) is 0 Å². The standard InChI is InChI=1S/C24H23ClN2O3/c1-16-12-22(14-23(28)26(16)2)30-21-10-11-27(15-21)24(29)18-8-6-17(7-9-18)19-4-3-5-20(25)13-19/h3-9,12-14,21H,10-11,15H2,1-2H3. The van der Waals surface area contributed by atoms with E-state index in [1.165, 1.54) is 6.07 Å². The number of nitrogens with zero attached hydrogens (tertiary/aromatic N) is 2. The molecule has 0 spiro atoms. The second-order valence-electron chi connectivity index (χ2n) is 7.60. The summed E-state index contributed by atoms with van der Waals surface area (Å²) in [5.74, 6) is 0.541. The van der Waals surface area contributed by atoms with Crippen molar-refractivity contribution in [3.63, 3.8) is 0 Å². The van der Waals surface area contributed by atoms with Crippen LogP contribution < -0.4 is 10.3 Å². The average molecular weight is 423 g/mol. The summed E-state index contributed by atoms with van der Waals surface area (Å²) in [6.07, 6.45) is 0.617. The van der Waals surface area contributed by atoms with Gasteiger partial charge >= 0.3 is 0 Å². The van der Waals surface area contributed by atoms with Crippen molar-refractivity contribution in [2.45, 2.75) is 19.4 Å². The van der Waals surface area contributed by atoms with Gasteiger partial charge in [-0.15, -0.1) is 0 Å². The lowest BCUT2D eigenvalue weighted by Gasteiger charge is -2.18. The number of hydrogen-bond donors (Lipinski definition) is 0. The molecule has 1 aliphatic rings. The summed E-state index contributed by atoms with van der Waals surface area (Å²) >= 11 is 6.07. The van der Waals surface area contributed by atoms with Gasteiger partial charge in [-0.2, -0.15) is 0 Å². The van der Waals surface area contributed by atoms with Gasteiger partial charge in [-0.1, -0.05) is 35.9 Å². The third kappa shape index (κ3) is 4.26. The predicted octanol–water partition coefficient (Wildman–Crippen LogP) is 4.31. The number of aryl methyl sites for hydroxylation is 1. The molecule has 2 heterocycles. The Bertz CT molecular complexity index is 1140. The minimum absolute atomic E-state index is 0.0149. The first-order valence-electron chi connectivity index (χ1n) is 9.90. The van der Waals surface area contributed by atoms with Crippen LogP contribution in [0.4, 0.5) is 0 Å². The van der Waals surface area contributed by atoms with Crippen molar-refractivity contribution in [2.24, 2.45) is 7.05 Å². The summed E-state index contributed by atoms with van der Waals surface area (Å²) in [5, 5.41) is 0.683. The molecule has 0 bridgehead atoms. The molecule has 0 saturated carbocycles. The maximum absolute atomic E-state index is 12.9. The van der Waals surface area contributed by atoms with Gasteiger partial charge in [0.2, 0.25) is 0 Å². The van der Waals surface area contributed by atoms with Crippen LogP contribution in [-0.2, 0) is 7.05 Å². The zero-order valence-corrected chi connectivity index (χ0v) is 17.7. The first-order valence-corrected chi connectivity index (χ1v) is 10.3. The van der Waals surface area contributed by atoms with E-state index < -0.39 is 0 Å². The molecule has 1 atom stereocenters. The fraction of sp³-hybridized carbons (Fsp3) is 0.250. The fourth-order valence-corrected chi connectivity index (χ4v) is 3.85. The van der Waals surface area contributed by atoms with Crippen LogP contribution in [0.5, 0.6) is 5.75 Å². The Kier molecular flexibility index (Phi) is 5.64. The second kappa shape index (κ2) is 8.36. The minimum atomic E-state index is -0.119. The van der Waals surface area contributed by atoms with Crippen molar-refractivity contribution < 1.29 is 9.53 Å². The fourth-order valence-electron chi connectivity index (χ4n) is 3.66. The molecule has 6 heteroatoms. The molecule has 1 fully saturated rings. The largest absolute Gasteiger partial charge is 0.488 e. The van der Waals surface area contributed by atoms with Crippen LogP contribution >= 0.6 is 11.6 Å². The number of benzene rings is 2. The molecule has 0 aliphatic carbocycles. The molecule has 5 nitrogen and oxygen atoms in total. The maximum atomic E-state index is 12.9. The highest BCUT2D eigenvalue weighted by Crippen LogP contribution is 2.24. The number of hydrogen-bond acceptors (Lipinski definition) is 3. The van der Waals surface area contributed by atoms with Crippen LogP contribution in [0.2, 0.25) is 5.02 Å². The lowest BCUT2D eigenvalue weighted by molar-refractivity contribution is 0.0772. The van der Waals surface area contributed by atoms with E-state index in [1.807, 2.05) is 61.5 Å². The highest BCUT2D eigenvalue weighted by molar-refractivity contribution is 6.30. The van der Waals surface area contributed by atoms with Gasteiger partial charge in [0.15, 0.2) is 0 Å². The van der Waals surface area contributed by atoms with Crippen LogP contribution in [0.3, 0.4) is 0 Å². The van der Waals surface area contributed by atoms with Crippen LogP contribution in [-0.4, -0.2) is 34.6 Å². The molecule has 30 heavy (non-hydrogen) atoms. The zero-order chi connectivity index (χ0) is 21.3. The van der Waals surface area contributed by atoms with Crippen LogP contribution in [0.15, 0.2) is 65.5 Å². The number of amides is 1. The monoisotopic (exact) mass is 422 g/mol. The van der Waals surface area contributed by atoms with Gasteiger partial charge in [0, 0.05) is 42.4 Å². The van der Waals surface area contributed by atoms with Crippen molar-refractivity contribution >= 4 is 17.5 Å². The van der Waals surface area contributed by atoms with Gasteiger partial charge < -0.3 is 14.2 Å². The topological polar surface area (TPSA) is 51.5 Å². The summed E-state index contributed by atoms with van der Waals surface area (Å²) in [5.41, 5.74) is 3.41. The number of carbonyl (C=O) groups is 1. The Morgan fingerprint density at radius 2 is 1.83 bits per heavy atom. The Balaban J connectivity index is 1.42. The lowest BCUT2D eigenvalue weighted by Crippen LogP contribution is -2.31. The highest BCUT2D eigenvalue weighted by atomic mass is 35.5. The van der Waals surface area contributed by atoms with Gasteiger partial charge in [0.25, 0.3) is 11.5 Å². The number of likely N-dealkylation sites (tertiary alicyclic amines) is 1. The summed E-state index contributed by atoms with van der Waals surface area (Å²) < 4.78 is 7.55. The van der Waals surface area contributed by atoms with Gasteiger partial charge in [-0.05, 0) is 48.4 Å². The second-order valence-corrected chi connectivity index (χ2v) is 8.03. The average Bonchev–Trinajstić information content (AvgIpc) is 3.20. The summed E-state index contributed by atoms with van der Waals surface area (Å²) in [6.45, 7) is 3.00. The number of ether oxygens (including phenoxy) is 1. The third-order valence-corrected chi connectivity index (χ3v) is 5.74. The first kappa shape index (κ1) is 20.2. The van der Waals surface area contributed by atoms with Gasteiger partial charge in [-0.3, -0.25) is 9.59 Å². The van der Waals surface area contributed by atoms with E-state index in [2.05, 4.69) is 0 Å². The molecule has 0 radical (unpaired) electrons. The number of halogens is 1. The number of rotatable bonds is 4. The van der Waals surface area contributed by atoms with E-state index in [1.54, 1.807) is 16.5 Å². The van der Waals surface area contributed by atoms with Crippen LogP contribution in [0, 0.1) is 6.92 Å². The van der Waals surface area contributed by atoms with Crippen molar-refractivity contribution in [1.82, 2.24) is 9.47 Å². The predicted molar refractivity (Wildman–Crippen MR) is 118 cm³/mol. The SMILES string of the molecule is Cc1cc(OC2CCN(C(=O)c3ccc(-c4cccc(Cl)c4)cc3)C2)cc(=O)n1C. The lowest BCUT2D eigenvalue weighted by atomic mass is 10.0. The van der Waals surface area contributed by atoms with E-state index in [9.17, 15) is 9.59 Å². The van der Waals surface area contributed by atoms with E-state index in [-0.39, 0.29) is 17.6 Å². The van der Waals surface area contributed by atoms with Gasteiger partial charge in [0.05, 0.1) is 6.54 Å². The number of aromatic nitrogens is 1. The van der Waals surface area contributed by atoms with Crippen molar-refractivity contribution in [2.75, 3.05) is 13.1 Å². The Morgan fingerprint density at radius 3 is 2.53 bits per heavy atom. The highest BCUT2D eigenvalue weighted by Gasteiger charge is 2.28. The van der Waals surface area contributed by atoms with Gasteiger partial charge in [-0.25, -0.2) is 0 Å². The molecular formula is C24H23ClN2O3. The minimum Gasteiger partial charge on any atom is -0.488 e. The maximum Gasteiger partial charge on any atom is 0.254 e. The van der Waals surface area contributed by atoms with Crippen molar-refractivity contribution in [3.05, 3.63) is 87.3 Å². The summed E-state index contributed by atoms with van der Waals surface area (Å²) in [7, 11) is 1.73. The van der Waals surface area contributed by atoms with Crippen LogP contribution in [0.25, 0.3) is 11.1 Å². The molecule has 4 rings (SSSR count). The molecule has 1 amide bonds. The molecule has 1 aliphatic heterocycles. The zero-order valence-electron chi connectivity index (χ0n) is 17.0. The molecule has 1 unspecified atom stereocenters. The first-order chi connectivity index (χ1) is 14.4. The summed E-state index contributed by atoms with van der Waals surface area (Å²) in [6, 6.07) is 18.5. The third-order valence-electron chi connectivity index (χ3n) is 5.50. The summed E-state index contributed by atoms with van der Waals surface area (Å²) in [4.78, 5) is 26.6. The number of pyridine rings is 1. The molecule has 0 N–H and O–H groups in total. The van der Waals surface area contributed by atoms with E-state index >= 15 is 0 Å². The Hall–Kier alpha value is -3.05. The van der Waals surface area contributed by atoms with E-state index in [0.717, 1.165) is 23.2 Å². The van der Waals surface area contributed by atoms with Crippen molar-refractivity contribution in [3.8, 4) is 16.9 Å². The Morgan fingerprint density at radius 1 is 1.07 bits per heavy atom. The number of carbonyl (C=O) groups excluding carboxylic acids is 1. The smallest absolute Gasteiger partial charge is 0.254 e. The Labute approximate surface area is 180 Å². The van der Waals surface area contributed by atoms with Gasteiger partial charge in [0.1, 0.15) is 11.9 Å². The molecule has 1 saturated heterocycles. The van der Waals surface area contributed by atoms with E-state index in [0.29, 0.717) is 29.4 Å². The molecular weight excluding hydrogens is 400 g/mol. The molecule has 1 aromatic heterocycles. The molecule has 3 aromatic rings. The van der Waals surface area contributed by atoms with Crippen LogP contribution in [0.1, 0.15) is 22.5 Å². The van der Waals surface area contributed by atoms with E-state index in [4.69, 9.17) is 16.3 Å².